The van der Waals surface area contributed by atoms with Gasteiger partial charge in [0.15, 0.2) is 0 Å². The molecule has 3 nitrogen and oxygen atoms in total. The Morgan fingerprint density at radius 3 is 2.28 bits per heavy atom. The zero-order valence-electron chi connectivity index (χ0n) is 11.8. The number of hydrogen-bond donors (Lipinski definition) is 2. The molecule has 1 saturated carbocycles. The Balaban J connectivity index is 2.58. The normalized spacial score (nSPS) is 19.3. The SMILES string of the molecule is CC(C)(C)CCNC(=O)C1(C(N)=S)CCCCC1. The van der Waals surface area contributed by atoms with Crippen LogP contribution < -0.4 is 11.1 Å². The first kappa shape index (κ1) is 15.4. The Morgan fingerprint density at radius 2 is 1.83 bits per heavy atom. The quantitative estimate of drug-likeness (QED) is 0.772. The summed E-state index contributed by atoms with van der Waals surface area (Å²) in [5.41, 5.74) is 5.49. The van der Waals surface area contributed by atoms with Crippen molar-refractivity contribution in [1.82, 2.24) is 5.32 Å². The number of nitrogens with two attached hydrogens (primary N) is 1. The third-order valence-corrected chi connectivity index (χ3v) is 4.16. The molecule has 1 amide bonds. The van der Waals surface area contributed by atoms with Gasteiger partial charge in [-0.3, -0.25) is 4.79 Å². The Morgan fingerprint density at radius 1 is 1.28 bits per heavy atom. The predicted octanol–water partition coefficient (Wildman–Crippen LogP) is 2.78. The lowest BCUT2D eigenvalue weighted by Gasteiger charge is -2.35. The lowest BCUT2D eigenvalue weighted by Crippen LogP contribution is -2.50. The van der Waals surface area contributed by atoms with Gasteiger partial charge in [-0.2, -0.15) is 0 Å². The maximum Gasteiger partial charge on any atom is 0.233 e. The average Bonchev–Trinajstić information content (AvgIpc) is 2.27. The van der Waals surface area contributed by atoms with Crippen LogP contribution in [0.1, 0.15) is 59.3 Å². The molecule has 0 aromatic carbocycles. The highest BCUT2D eigenvalue weighted by Gasteiger charge is 2.42. The molecule has 4 heteroatoms. The molecule has 1 fully saturated rings. The summed E-state index contributed by atoms with van der Waals surface area (Å²) in [4.78, 5) is 12.7. The van der Waals surface area contributed by atoms with Crippen LogP contribution >= 0.6 is 12.2 Å². The van der Waals surface area contributed by atoms with Crippen LogP contribution in [0, 0.1) is 10.8 Å². The topological polar surface area (TPSA) is 55.1 Å². The van der Waals surface area contributed by atoms with Gasteiger partial charge in [0.1, 0.15) is 0 Å². The zero-order chi connectivity index (χ0) is 13.8. The third kappa shape index (κ3) is 3.94. The molecule has 3 N–H and O–H groups in total. The zero-order valence-corrected chi connectivity index (χ0v) is 12.7. The minimum absolute atomic E-state index is 0.0407. The smallest absolute Gasteiger partial charge is 0.233 e. The molecular weight excluding hydrogens is 244 g/mol. The van der Waals surface area contributed by atoms with E-state index in [9.17, 15) is 4.79 Å². The van der Waals surface area contributed by atoms with E-state index in [1.807, 2.05) is 0 Å². The van der Waals surface area contributed by atoms with Crippen molar-refractivity contribution >= 4 is 23.1 Å². The summed E-state index contributed by atoms with van der Waals surface area (Å²) in [6, 6.07) is 0. The fraction of sp³-hybridized carbons (Fsp3) is 0.857. The second-order valence-electron chi connectivity index (χ2n) is 6.57. The highest BCUT2D eigenvalue weighted by Crippen LogP contribution is 2.37. The highest BCUT2D eigenvalue weighted by atomic mass is 32.1. The summed E-state index contributed by atoms with van der Waals surface area (Å²) in [7, 11) is 0. The Kier molecular flexibility index (Phi) is 5.14. The fourth-order valence-electron chi connectivity index (χ4n) is 2.46. The summed E-state index contributed by atoms with van der Waals surface area (Å²) >= 11 is 5.14. The van der Waals surface area contributed by atoms with Gasteiger partial charge in [-0.25, -0.2) is 0 Å². The summed E-state index contributed by atoms with van der Waals surface area (Å²) in [5.74, 6) is 0.0407. The maximum atomic E-state index is 12.4. The van der Waals surface area contributed by atoms with Crippen LogP contribution in [0.3, 0.4) is 0 Å². The molecule has 0 unspecified atom stereocenters. The van der Waals surface area contributed by atoms with E-state index in [0.29, 0.717) is 11.5 Å². The summed E-state index contributed by atoms with van der Waals surface area (Å²) < 4.78 is 0. The molecule has 0 aromatic rings. The van der Waals surface area contributed by atoms with E-state index in [2.05, 4.69) is 26.1 Å². The van der Waals surface area contributed by atoms with Gasteiger partial charge in [0.05, 0.1) is 10.4 Å². The molecule has 18 heavy (non-hydrogen) atoms. The van der Waals surface area contributed by atoms with Crippen molar-refractivity contribution in [2.24, 2.45) is 16.6 Å². The van der Waals surface area contributed by atoms with Gasteiger partial charge in [-0.15, -0.1) is 0 Å². The highest BCUT2D eigenvalue weighted by molar-refractivity contribution is 7.80. The van der Waals surface area contributed by atoms with Crippen molar-refractivity contribution in [3.05, 3.63) is 0 Å². The van der Waals surface area contributed by atoms with Crippen LogP contribution in [-0.2, 0) is 4.79 Å². The van der Waals surface area contributed by atoms with Gasteiger partial charge in [0.2, 0.25) is 5.91 Å². The standard InChI is InChI=1S/C14H26N2OS/c1-13(2,3)9-10-16-12(17)14(11(15)18)7-5-4-6-8-14/h4-10H2,1-3H3,(H2,15,18)(H,16,17). The average molecular weight is 270 g/mol. The van der Waals surface area contributed by atoms with Crippen molar-refractivity contribution in [3.63, 3.8) is 0 Å². The second-order valence-corrected chi connectivity index (χ2v) is 7.01. The van der Waals surface area contributed by atoms with Crippen molar-refractivity contribution < 1.29 is 4.79 Å². The van der Waals surface area contributed by atoms with Gasteiger partial charge in [-0.05, 0) is 24.7 Å². The van der Waals surface area contributed by atoms with E-state index in [1.54, 1.807) is 0 Å². The minimum Gasteiger partial charge on any atom is -0.392 e. The molecule has 0 spiro atoms. The predicted molar refractivity (Wildman–Crippen MR) is 79.4 cm³/mol. The Bertz CT molecular complexity index is 314. The van der Waals surface area contributed by atoms with Gasteiger partial charge in [0.25, 0.3) is 0 Å². The molecular formula is C14H26N2OS. The lowest BCUT2D eigenvalue weighted by molar-refractivity contribution is -0.128. The molecule has 1 aliphatic rings. The second kappa shape index (κ2) is 6.00. The van der Waals surface area contributed by atoms with Crippen molar-refractivity contribution in [2.45, 2.75) is 59.3 Å². The van der Waals surface area contributed by atoms with E-state index in [-0.39, 0.29) is 11.3 Å². The molecule has 0 atom stereocenters. The van der Waals surface area contributed by atoms with E-state index in [0.717, 1.165) is 32.1 Å². The molecule has 0 heterocycles. The van der Waals surface area contributed by atoms with Crippen LogP contribution in [0.15, 0.2) is 0 Å². The molecule has 1 rings (SSSR count). The molecule has 0 radical (unpaired) electrons. The number of rotatable bonds is 4. The Hall–Kier alpha value is -0.640. The number of amides is 1. The van der Waals surface area contributed by atoms with Crippen LogP contribution in [0.2, 0.25) is 0 Å². The number of thiocarbonyl (C=S) groups is 1. The lowest BCUT2D eigenvalue weighted by atomic mass is 9.73. The van der Waals surface area contributed by atoms with Crippen LogP contribution in [0.4, 0.5) is 0 Å². The van der Waals surface area contributed by atoms with E-state index >= 15 is 0 Å². The number of hydrogen-bond acceptors (Lipinski definition) is 2. The van der Waals surface area contributed by atoms with Crippen LogP contribution in [0.25, 0.3) is 0 Å². The van der Waals surface area contributed by atoms with E-state index in [4.69, 9.17) is 18.0 Å². The van der Waals surface area contributed by atoms with Crippen LogP contribution in [0.5, 0.6) is 0 Å². The first-order chi connectivity index (χ1) is 8.28. The maximum absolute atomic E-state index is 12.4. The van der Waals surface area contributed by atoms with Crippen molar-refractivity contribution in [1.29, 1.82) is 0 Å². The summed E-state index contributed by atoms with van der Waals surface area (Å²) in [6.45, 7) is 7.21. The fourth-order valence-corrected chi connectivity index (χ4v) is 2.76. The number of carbonyl (C=O) groups is 1. The Labute approximate surface area is 116 Å². The van der Waals surface area contributed by atoms with Crippen LogP contribution in [-0.4, -0.2) is 17.4 Å². The van der Waals surface area contributed by atoms with Crippen molar-refractivity contribution in [2.75, 3.05) is 6.54 Å². The molecule has 104 valence electrons. The van der Waals surface area contributed by atoms with E-state index in [1.165, 1.54) is 6.42 Å². The van der Waals surface area contributed by atoms with E-state index < -0.39 is 5.41 Å². The molecule has 1 aliphatic carbocycles. The van der Waals surface area contributed by atoms with Crippen molar-refractivity contribution in [3.8, 4) is 0 Å². The minimum atomic E-state index is -0.578. The monoisotopic (exact) mass is 270 g/mol. The summed E-state index contributed by atoms with van der Waals surface area (Å²) in [6.07, 6.45) is 5.85. The molecule has 0 bridgehead atoms. The third-order valence-electron chi connectivity index (χ3n) is 3.77. The number of carbonyl (C=O) groups excluding carboxylic acids is 1. The van der Waals surface area contributed by atoms with Gasteiger partial charge in [0, 0.05) is 6.54 Å². The molecule has 0 aromatic heterocycles. The van der Waals surface area contributed by atoms with Gasteiger partial charge < -0.3 is 11.1 Å². The largest absolute Gasteiger partial charge is 0.392 e. The number of nitrogens with one attached hydrogen (secondary N) is 1. The first-order valence-electron chi connectivity index (χ1n) is 6.86. The molecule has 0 aliphatic heterocycles. The first-order valence-corrected chi connectivity index (χ1v) is 7.27. The van der Waals surface area contributed by atoms with Gasteiger partial charge >= 0.3 is 0 Å². The molecule has 0 saturated heterocycles. The van der Waals surface area contributed by atoms with Gasteiger partial charge in [-0.1, -0.05) is 52.3 Å². The summed E-state index contributed by atoms with van der Waals surface area (Å²) in [5, 5.41) is 3.02.